The van der Waals surface area contributed by atoms with Crippen LogP contribution in [0.25, 0.3) is 11.1 Å². The zero-order valence-electron chi connectivity index (χ0n) is 9.83. The number of sulfone groups is 1. The van der Waals surface area contributed by atoms with Crippen molar-refractivity contribution >= 4 is 27.9 Å². The summed E-state index contributed by atoms with van der Waals surface area (Å²) < 4.78 is 23.1. The molecular formula is C13H14ClNO2S. The second kappa shape index (κ2) is 5.42. The second-order valence-corrected chi connectivity index (χ2v) is 5.87. The number of rotatable bonds is 2. The summed E-state index contributed by atoms with van der Waals surface area (Å²) in [6.45, 7) is 0. The molecule has 0 spiro atoms. The van der Waals surface area contributed by atoms with Crippen LogP contribution < -0.4 is 5.73 Å². The SMILES string of the molecule is CS(=O)(=O)c1cc(-c2ccccc2)ccc1N.Cl. The lowest BCUT2D eigenvalue weighted by Crippen LogP contribution is -2.02. The molecule has 2 aromatic rings. The lowest BCUT2D eigenvalue weighted by atomic mass is 10.1. The normalized spacial score (nSPS) is 10.7. The molecule has 0 aliphatic rings. The lowest BCUT2D eigenvalue weighted by molar-refractivity contribution is 0.602. The summed E-state index contributed by atoms with van der Waals surface area (Å²) in [6.07, 6.45) is 1.16. The Kier molecular flexibility index (Phi) is 4.38. The summed E-state index contributed by atoms with van der Waals surface area (Å²) in [5.41, 5.74) is 7.78. The summed E-state index contributed by atoms with van der Waals surface area (Å²) in [7, 11) is -3.29. The molecule has 0 radical (unpaired) electrons. The zero-order chi connectivity index (χ0) is 12.5. The Labute approximate surface area is 113 Å². The van der Waals surface area contributed by atoms with Gasteiger partial charge in [0.05, 0.1) is 10.6 Å². The molecule has 0 bridgehead atoms. The molecule has 0 heterocycles. The maximum absolute atomic E-state index is 11.6. The van der Waals surface area contributed by atoms with Crippen molar-refractivity contribution in [1.29, 1.82) is 0 Å². The Morgan fingerprint density at radius 2 is 1.56 bits per heavy atom. The van der Waals surface area contributed by atoms with Gasteiger partial charge >= 0.3 is 0 Å². The second-order valence-electron chi connectivity index (χ2n) is 3.89. The molecule has 0 unspecified atom stereocenters. The third-order valence-electron chi connectivity index (χ3n) is 2.52. The fraction of sp³-hybridized carbons (Fsp3) is 0.0769. The van der Waals surface area contributed by atoms with Crippen molar-refractivity contribution in [2.24, 2.45) is 0 Å². The Balaban J connectivity index is 0.00000162. The fourth-order valence-electron chi connectivity index (χ4n) is 1.67. The number of hydrogen-bond acceptors (Lipinski definition) is 3. The molecule has 0 amide bonds. The van der Waals surface area contributed by atoms with Crippen LogP contribution in [0.5, 0.6) is 0 Å². The van der Waals surface area contributed by atoms with Gasteiger partial charge in [0.2, 0.25) is 0 Å². The third kappa shape index (κ3) is 3.03. The monoisotopic (exact) mass is 283 g/mol. The van der Waals surface area contributed by atoms with Crippen LogP contribution in [0.3, 0.4) is 0 Å². The van der Waals surface area contributed by atoms with E-state index in [1.165, 1.54) is 0 Å². The standard InChI is InChI=1S/C13H13NO2S.ClH/c1-17(15,16)13-9-11(7-8-12(13)14)10-5-3-2-4-6-10;/h2-9H,14H2,1H3;1H. The van der Waals surface area contributed by atoms with Crippen LogP contribution in [-0.2, 0) is 9.84 Å². The minimum absolute atomic E-state index is 0. The summed E-state index contributed by atoms with van der Waals surface area (Å²) in [5.74, 6) is 0. The van der Waals surface area contributed by atoms with Crippen LogP contribution in [-0.4, -0.2) is 14.7 Å². The number of nitrogen functional groups attached to an aromatic ring is 1. The summed E-state index contributed by atoms with van der Waals surface area (Å²) in [4.78, 5) is 0.179. The van der Waals surface area contributed by atoms with Crippen LogP contribution in [0.4, 0.5) is 5.69 Å². The van der Waals surface area contributed by atoms with Crippen molar-refractivity contribution in [3.63, 3.8) is 0 Å². The Morgan fingerprint density at radius 3 is 2.11 bits per heavy atom. The summed E-state index contributed by atoms with van der Waals surface area (Å²) in [5, 5.41) is 0. The van der Waals surface area contributed by atoms with Gasteiger partial charge in [-0.1, -0.05) is 36.4 Å². The van der Waals surface area contributed by atoms with Gasteiger partial charge in [0.1, 0.15) is 0 Å². The molecule has 2 rings (SSSR count). The highest BCUT2D eigenvalue weighted by Crippen LogP contribution is 2.26. The van der Waals surface area contributed by atoms with E-state index < -0.39 is 9.84 Å². The van der Waals surface area contributed by atoms with Gasteiger partial charge in [-0.25, -0.2) is 8.42 Å². The topological polar surface area (TPSA) is 60.2 Å². The summed E-state index contributed by atoms with van der Waals surface area (Å²) in [6, 6.07) is 14.6. The first-order valence-electron chi connectivity index (χ1n) is 5.13. The van der Waals surface area contributed by atoms with Gasteiger partial charge in [-0.05, 0) is 23.3 Å². The predicted molar refractivity (Wildman–Crippen MR) is 76.6 cm³/mol. The number of benzene rings is 2. The van der Waals surface area contributed by atoms with E-state index in [2.05, 4.69) is 0 Å². The highest BCUT2D eigenvalue weighted by Gasteiger charge is 2.12. The summed E-state index contributed by atoms with van der Waals surface area (Å²) >= 11 is 0. The first-order chi connectivity index (χ1) is 7.98. The van der Waals surface area contributed by atoms with E-state index in [0.29, 0.717) is 0 Å². The molecule has 96 valence electrons. The number of halogens is 1. The van der Waals surface area contributed by atoms with E-state index in [4.69, 9.17) is 5.73 Å². The van der Waals surface area contributed by atoms with Gasteiger partial charge < -0.3 is 5.73 Å². The smallest absolute Gasteiger partial charge is 0.177 e. The molecule has 0 saturated heterocycles. The molecule has 18 heavy (non-hydrogen) atoms. The zero-order valence-corrected chi connectivity index (χ0v) is 11.5. The molecule has 0 aromatic heterocycles. The van der Waals surface area contributed by atoms with Crippen LogP contribution >= 0.6 is 12.4 Å². The lowest BCUT2D eigenvalue weighted by Gasteiger charge is -2.07. The minimum atomic E-state index is -3.29. The molecule has 0 fully saturated rings. The van der Waals surface area contributed by atoms with E-state index >= 15 is 0 Å². The van der Waals surface area contributed by atoms with Crippen LogP contribution in [0.1, 0.15) is 0 Å². The molecular weight excluding hydrogens is 270 g/mol. The van der Waals surface area contributed by atoms with Crippen molar-refractivity contribution in [3.8, 4) is 11.1 Å². The molecule has 2 N–H and O–H groups in total. The minimum Gasteiger partial charge on any atom is -0.398 e. The molecule has 3 nitrogen and oxygen atoms in total. The van der Waals surface area contributed by atoms with E-state index in [-0.39, 0.29) is 23.0 Å². The van der Waals surface area contributed by atoms with Crippen molar-refractivity contribution in [2.45, 2.75) is 4.90 Å². The Bertz CT molecular complexity index is 639. The quantitative estimate of drug-likeness (QED) is 0.862. The van der Waals surface area contributed by atoms with Gasteiger partial charge in [0.15, 0.2) is 9.84 Å². The van der Waals surface area contributed by atoms with Crippen molar-refractivity contribution in [3.05, 3.63) is 48.5 Å². The van der Waals surface area contributed by atoms with Gasteiger partial charge in [0, 0.05) is 6.26 Å². The van der Waals surface area contributed by atoms with E-state index in [1.54, 1.807) is 12.1 Å². The van der Waals surface area contributed by atoms with Crippen LogP contribution in [0.2, 0.25) is 0 Å². The largest absolute Gasteiger partial charge is 0.398 e. The van der Waals surface area contributed by atoms with Gasteiger partial charge in [-0.3, -0.25) is 0 Å². The first-order valence-corrected chi connectivity index (χ1v) is 7.02. The molecule has 0 aliphatic heterocycles. The Hall–Kier alpha value is -1.52. The van der Waals surface area contributed by atoms with Crippen LogP contribution in [0, 0.1) is 0 Å². The molecule has 0 saturated carbocycles. The van der Waals surface area contributed by atoms with Gasteiger partial charge in [-0.15, -0.1) is 12.4 Å². The highest BCUT2D eigenvalue weighted by atomic mass is 35.5. The van der Waals surface area contributed by atoms with Crippen molar-refractivity contribution in [2.75, 3.05) is 12.0 Å². The molecule has 5 heteroatoms. The number of anilines is 1. The number of nitrogens with two attached hydrogens (primary N) is 1. The highest BCUT2D eigenvalue weighted by molar-refractivity contribution is 7.90. The maximum Gasteiger partial charge on any atom is 0.177 e. The van der Waals surface area contributed by atoms with E-state index in [0.717, 1.165) is 17.4 Å². The fourth-order valence-corrected chi connectivity index (χ4v) is 2.50. The van der Waals surface area contributed by atoms with Gasteiger partial charge in [0.25, 0.3) is 0 Å². The first kappa shape index (κ1) is 14.5. The molecule has 2 aromatic carbocycles. The maximum atomic E-state index is 11.6. The number of hydrogen-bond donors (Lipinski definition) is 1. The molecule has 0 aliphatic carbocycles. The van der Waals surface area contributed by atoms with Crippen LogP contribution in [0.15, 0.2) is 53.4 Å². The average molecular weight is 284 g/mol. The van der Waals surface area contributed by atoms with Crippen molar-refractivity contribution in [1.82, 2.24) is 0 Å². The van der Waals surface area contributed by atoms with Gasteiger partial charge in [-0.2, -0.15) is 0 Å². The molecule has 0 atom stereocenters. The Morgan fingerprint density at radius 1 is 0.944 bits per heavy atom. The predicted octanol–water partition coefficient (Wildman–Crippen LogP) is 2.76. The average Bonchev–Trinajstić information content (AvgIpc) is 2.29. The van der Waals surface area contributed by atoms with E-state index in [1.807, 2.05) is 36.4 Å². The van der Waals surface area contributed by atoms with Crippen molar-refractivity contribution < 1.29 is 8.42 Å². The third-order valence-corrected chi connectivity index (χ3v) is 3.67. The van der Waals surface area contributed by atoms with E-state index in [9.17, 15) is 8.42 Å².